The van der Waals surface area contributed by atoms with Crippen LogP contribution in [0, 0.1) is 0 Å². The summed E-state index contributed by atoms with van der Waals surface area (Å²) >= 11 is 6.00. The molecule has 0 bridgehead atoms. The van der Waals surface area contributed by atoms with E-state index in [1.807, 2.05) is 85.1 Å². The number of aromatic amines is 1. The van der Waals surface area contributed by atoms with E-state index in [1.54, 1.807) is 12.4 Å². The summed E-state index contributed by atoms with van der Waals surface area (Å²) in [4.78, 5) is 21.1. The van der Waals surface area contributed by atoms with Crippen molar-refractivity contribution in [3.63, 3.8) is 0 Å². The Morgan fingerprint density at radius 1 is 0.912 bits per heavy atom. The van der Waals surface area contributed by atoms with Gasteiger partial charge in [0.05, 0.1) is 6.04 Å². The molecule has 34 heavy (non-hydrogen) atoms. The first-order valence-electron chi connectivity index (χ1n) is 11.3. The van der Waals surface area contributed by atoms with Gasteiger partial charge in [-0.25, -0.2) is 0 Å². The maximum Gasteiger partial charge on any atom is 0.186 e. The molecule has 0 amide bonds. The summed E-state index contributed by atoms with van der Waals surface area (Å²) in [5, 5.41) is 5.13. The van der Waals surface area contributed by atoms with Crippen LogP contribution in [0.15, 0.2) is 104 Å². The SMILES string of the molecule is O=C(c1c[nH]c2cc(-c3ccncc3)ccc12)[C@@H](NCCc1ccc(Cl)cc1)c1ccccc1. The Bertz CT molecular complexity index is 1400. The highest BCUT2D eigenvalue weighted by Crippen LogP contribution is 2.28. The number of ketones is 1. The van der Waals surface area contributed by atoms with E-state index in [0.29, 0.717) is 12.1 Å². The van der Waals surface area contributed by atoms with Crippen molar-refractivity contribution in [1.29, 1.82) is 0 Å². The first-order valence-corrected chi connectivity index (χ1v) is 11.7. The maximum atomic E-state index is 13.8. The van der Waals surface area contributed by atoms with E-state index in [4.69, 9.17) is 11.6 Å². The number of hydrogen-bond acceptors (Lipinski definition) is 3. The molecule has 0 aliphatic rings. The normalized spacial score (nSPS) is 12.0. The Morgan fingerprint density at radius 3 is 2.44 bits per heavy atom. The number of nitrogens with one attached hydrogen (secondary N) is 2. The van der Waals surface area contributed by atoms with E-state index in [2.05, 4.69) is 21.4 Å². The Labute approximate surface area is 203 Å². The van der Waals surface area contributed by atoms with E-state index in [0.717, 1.165) is 39.0 Å². The van der Waals surface area contributed by atoms with Gasteiger partial charge in [-0.1, -0.05) is 66.2 Å². The second-order valence-corrected chi connectivity index (χ2v) is 8.67. The number of Topliss-reactive ketones (excluding diaryl/α,β-unsaturated/α-hetero) is 1. The van der Waals surface area contributed by atoms with Crippen LogP contribution in [-0.4, -0.2) is 22.3 Å². The van der Waals surface area contributed by atoms with Gasteiger partial charge in [-0.15, -0.1) is 0 Å². The van der Waals surface area contributed by atoms with Crippen LogP contribution in [0.1, 0.15) is 27.5 Å². The lowest BCUT2D eigenvalue weighted by molar-refractivity contribution is 0.0945. The Hall–Kier alpha value is -3.73. The summed E-state index contributed by atoms with van der Waals surface area (Å²) in [6.45, 7) is 0.668. The molecule has 168 valence electrons. The lowest BCUT2D eigenvalue weighted by atomic mass is 9.96. The van der Waals surface area contributed by atoms with Crippen molar-refractivity contribution in [3.05, 3.63) is 125 Å². The Morgan fingerprint density at radius 2 is 1.68 bits per heavy atom. The average molecular weight is 466 g/mol. The van der Waals surface area contributed by atoms with Crippen LogP contribution in [0.5, 0.6) is 0 Å². The van der Waals surface area contributed by atoms with E-state index in [1.165, 1.54) is 5.56 Å². The molecule has 3 aromatic carbocycles. The minimum absolute atomic E-state index is 0.0465. The fraction of sp³-hybridized carbons (Fsp3) is 0.103. The largest absolute Gasteiger partial charge is 0.360 e. The summed E-state index contributed by atoms with van der Waals surface area (Å²) in [7, 11) is 0. The molecule has 0 saturated carbocycles. The maximum absolute atomic E-state index is 13.8. The van der Waals surface area contributed by atoms with Crippen molar-refractivity contribution in [3.8, 4) is 11.1 Å². The summed E-state index contributed by atoms with van der Waals surface area (Å²) in [6.07, 6.45) is 6.18. The standard InChI is InChI=1S/C29H24ClN3O/c30-24-9-6-20(7-10-24)12-17-32-28(22-4-2-1-3-5-22)29(34)26-19-33-27-18-23(8-11-25(26)27)21-13-15-31-16-14-21/h1-11,13-16,18-19,28,32-33H,12,17H2/t28-/m0/s1. The predicted molar refractivity (Wildman–Crippen MR) is 138 cm³/mol. The van der Waals surface area contributed by atoms with Gasteiger partial charge in [-0.3, -0.25) is 9.78 Å². The predicted octanol–water partition coefficient (Wildman–Crippen LogP) is 6.64. The monoisotopic (exact) mass is 465 g/mol. The number of aromatic nitrogens is 2. The molecule has 4 nitrogen and oxygen atoms in total. The fourth-order valence-corrected chi connectivity index (χ4v) is 4.35. The molecule has 5 rings (SSSR count). The van der Waals surface area contributed by atoms with Crippen molar-refractivity contribution >= 4 is 28.3 Å². The van der Waals surface area contributed by atoms with E-state index < -0.39 is 6.04 Å². The van der Waals surface area contributed by atoms with Crippen LogP contribution in [0.3, 0.4) is 0 Å². The van der Waals surface area contributed by atoms with Crippen molar-refractivity contribution in [2.45, 2.75) is 12.5 Å². The van der Waals surface area contributed by atoms with E-state index >= 15 is 0 Å². The molecule has 0 fully saturated rings. The minimum Gasteiger partial charge on any atom is -0.360 e. The molecule has 2 aromatic heterocycles. The van der Waals surface area contributed by atoms with Crippen LogP contribution in [0.4, 0.5) is 0 Å². The number of benzene rings is 3. The number of pyridine rings is 1. The first-order chi connectivity index (χ1) is 16.7. The molecule has 0 aliphatic heterocycles. The van der Waals surface area contributed by atoms with Crippen LogP contribution >= 0.6 is 11.6 Å². The average Bonchev–Trinajstić information content (AvgIpc) is 3.32. The summed E-state index contributed by atoms with van der Waals surface area (Å²) < 4.78 is 0. The third-order valence-corrected chi connectivity index (χ3v) is 6.28. The highest BCUT2D eigenvalue weighted by Gasteiger charge is 2.24. The zero-order chi connectivity index (χ0) is 23.3. The molecule has 0 radical (unpaired) electrons. The van der Waals surface area contributed by atoms with Gasteiger partial charge in [0.25, 0.3) is 0 Å². The lowest BCUT2D eigenvalue weighted by Gasteiger charge is -2.18. The topological polar surface area (TPSA) is 57.8 Å². The van der Waals surface area contributed by atoms with E-state index in [9.17, 15) is 4.79 Å². The zero-order valence-corrected chi connectivity index (χ0v) is 19.3. The Balaban J connectivity index is 1.40. The van der Waals surface area contributed by atoms with Gasteiger partial charge in [0.1, 0.15) is 0 Å². The molecular weight excluding hydrogens is 442 g/mol. The van der Waals surface area contributed by atoms with Crippen molar-refractivity contribution in [2.75, 3.05) is 6.54 Å². The van der Waals surface area contributed by atoms with Gasteiger partial charge in [-0.2, -0.15) is 0 Å². The number of carbonyl (C=O) groups excluding carboxylic acids is 1. The quantitative estimate of drug-likeness (QED) is 0.252. The number of hydrogen-bond donors (Lipinski definition) is 2. The lowest BCUT2D eigenvalue weighted by Crippen LogP contribution is -2.30. The van der Waals surface area contributed by atoms with Crippen molar-refractivity contribution < 1.29 is 4.79 Å². The van der Waals surface area contributed by atoms with Gasteiger partial charge >= 0.3 is 0 Å². The second-order valence-electron chi connectivity index (χ2n) is 8.24. The first kappa shape index (κ1) is 22.1. The molecule has 2 heterocycles. The molecular formula is C29H24ClN3O. The van der Waals surface area contributed by atoms with Gasteiger partial charge in [0, 0.05) is 46.6 Å². The van der Waals surface area contributed by atoms with Gasteiger partial charge in [0.2, 0.25) is 0 Å². The number of rotatable bonds is 8. The second kappa shape index (κ2) is 10.0. The van der Waals surface area contributed by atoms with Crippen molar-refractivity contribution in [2.24, 2.45) is 0 Å². The molecule has 0 aliphatic carbocycles. The van der Waals surface area contributed by atoms with Gasteiger partial charge in [0.15, 0.2) is 5.78 Å². The van der Waals surface area contributed by atoms with Crippen molar-refractivity contribution in [1.82, 2.24) is 15.3 Å². The number of nitrogens with zero attached hydrogens (tertiary/aromatic N) is 1. The smallest absolute Gasteiger partial charge is 0.186 e. The fourth-order valence-electron chi connectivity index (χ4n) is 4.23. The summed E-state index contributed by atoms with van der Waals surface area (Å²) in [5.41, 5.74) is 5.91. The highest BCUT2D eigenvalue weighted by atomic mass is 35.5. The number of carbonyl (C=O) groups is 1. The highest BCUT2D eigenvalue weighted by molar-refractivity contribution is 6.30. The van der Waals surface area contributed by atoms with E-state index in [-0.39, 0.29) is 5.78 Å². The summed E-state index contributed by atoms with van der Waals surface area (Å²) in [5.74, 6) is 0.0465. The third-order valence-electron chi connectivity index (χ3n) is 6.03. The zero-order valence-electron chi connectivity index (χ0n) is 18.5. The minimum atomic E-state index is -0.438. The number of fused-ring (bicyclic) bond motifs is 1. The van der Waals surface area contributed by atoms with Gasteiger partial charge in [-0.05, 0) is 59.0 Å². The summed E-state index contributed by atoms with van der Waals surface area (Å²) in [6, 6.07) is 27.4. The van der Waals surface area contributed by atoms with Gasteiger partial charge < -0.3 is 10.3 Å². The molecule has 5 aromatic rings. The molecule has 0 saturated heterocycles. The van der Waals surface area contributed by atoms with Crippen LogP contribution < -0.4 is 5.32 Å². The van der Waals surface area contributed by atoms with Crippen LogP contribution in [0.25, 0.3) is 22.0 Å². The third kappa shape index (κ3) is 4.79. The molecule has 2 N–H and O–H groups in total. The van der Waals surface area contributed by atoms with Crippen LogP contribution in [-0.2, 0) is 6.42 Å². The molecule has 0 spiro atoms. The Kier molecular flexibility index (Phi) is 6.52. The molecule has 5 heteroatoms. The number of halogens is 1. The van der Waals surface area contributed by atoms with Crippen LogP contribution in [0.2, 0.25) is 5.02 Å². The number of H-pyrrole nitrogens is 1. The molecule has 0 unspecified atom stereocenters. The molecule has 1 atom stereocenters.